The van der Waals surface area contributed by atoms with Crippen molar-refractivity contribution >= 4 is 11.9 Å². The first kappa shape index (κ1) is 24.8. The van der Waals surface area contributed by atoms with Crippen LogP contribution in [0, 0.1) is 18.8 Å². The number of carbonyl (C=O) groups excluding carboxylic acids is 2. The molecule has 1 heterocycles. The number of carbonyl (C=O) groups is 2. The minimum atomic E-state index is -1.62. The monoisotopic (exact) mass is 411 g/mol. The zero-order chi connectivity index (χ0) is 22.3. The third-order valence-electron chi connectivity index (χ3n) is 5.27. The predicted octanol–water partition coefficient (Wildman–Crippen LogP) is 1.42. The second kappa shape index (κ2) is 11.1. The van der Waals surface area contributed by atoms with E-state index >= 15 is 0 Å². The lowest BCUT2D eigenvalue weighted by atomic mass is 10.00. The van der Waals surface area contributed by atoms with Crippen molar-refractivity contribution in [2.24, 2.45) is 23.3 Å². The number of aliphatic hydroxyl groups excluding tert-OH is 1. The maximum Gasteiger partial charge on any atom is 0.326 e. The van der Waals surface area contributed by atoms with Crippen LogP contribution >= 0.6 is 0 Å². The lowest BCUT2D eigenvalue weighted by Gasteiger charge is -2.26. The number of esters is 2. The minimum absolute atomic E-state index is 0.0607. The first-order valence-electron chi connectivity index (χ1n) is 9.79. The standard InChI is InChI=1S/C20H33N3O6/c1-6-10(3)15(21)18(26)28-20(29-19(27)16(22)11(4)7-2)14-13(9-24)8-23-12(5)17(14)25/h8,10-11,15-16,20,24-25H,6-7,9,21-22H2,1-5H3/t10-,11-,15-,16-/m0/s1. The molecule has 0 radical (unpaired) electrons. The van der Waals surface area contributed by atoms with Gasteiger partial charge in [-0.05, 0) is 18.8 Å². The number of aromatic hydroxyl groups is 1. The van der Waals surface area contributed by atoms with Gasteiger partial charge in [0.15, 0.2) is 0 Å². The number of aliphatic hydroxyl groups is 1. The van der Waals surface area contributed by atoms with Crippen LogP contribution in [0.2, 0.25) is 0 Å². The van der Waals surface area contributed by atoms with Crippen molar-refractivity contribution in [3.63, 3.8) is 0 Å². The van der Waals surface area contributed by atoms with E-state index in [1.54, 1.807) is 13.8 Å². The van der Waals surface area contributed by atoms with E-state index < -0.39 is 36.9 Å². The molecule has 0 bridgehead atoms. The lowest BCUT2D eigenvalue weighted by molar-refractivity contribution is -0.193. The van der Waals surface area contributed by atoms with Crippen molar-refractivity contribution in [1.82, 2.24) is 4.98 Å². The number of hydrogen-bond donors (Lipinski definition) is 4. The Kier molecular flexibility index (Phi) is 9.48. The molecule has 1 aromatic heterocycles. The van der Waals surface area contributed by atoms with Crippen molar-refractivity contribution in [3.8, 4) is 5.75 Å². The van der Waals surface area contributed by atoms with Crippen LogP contribution in [0.1, 0.15) is 63.6 Å². The van der Waals surface area contributed by atoms with E-state index in [4.69, 9.17) is 20.9 Å². The molecule has 6 N–H and O–H groups in total. The summed E-state index contributed by atoms with van der Waals surface area (Å²) in [7, 11) is 0. The molecule has 1 aromatic rings. The number of rotatable bonds is 10. The minimum Gasteiger partial charge on any atom is -0.505 e. The normalized spacial score (nSPS) is 15.5. The Morgan fingerprint density at radius 3 is 1.90 bits per heavy atom. The third-order valence-corrected chi connectivity index (χ3v) is 5.27. The molecular formula is C20H33N3O6. The first-order valence-corrected chi connectivity index (χ1v) is 9.79. The molecule has 9 nitrogen and oxygen atoms in total. The molecule has 0 aliphatic rings. The molecular weight excluding hydrogens is 378 g/mol. The number of nitrogens with two attached hydrogens (primary N) is 2. The van der Waals surface area contributed by atoms with Crippen LogP contribution in [0.4, 0.5) is 0 Å². The Hall–Kier alpha value is -2.23. The molecule has 0 saturated heterocycles. The van der Waals surface area contributed by atoms with Gasteiger partial charge in [-0.25, -0.2) is 0 Å². The highest BCUT2D eigenvalue weighted by Gasteiger charge is 2.33. The summed E-state index contributed by atoms with van der Waals surface area (Å²) in [6, 6.07) is -1.90. The van der Waals surface area contributed by atoms with Crippen LogP contribution in [0.3, 0.4) is 0 Å². The fourth-order valence-corrected chi connectivity index (χ4v) is 2.52. The topological polar surface area (TPSA) is 158 Å². The fraction of sp³-hybridized carbons (Fsp3) is 0.650. The van der Waals surface area contributed by atoms with Gasteiger partial charge in [0.2, 0.25) is 0 Å². The smallest absolute Gasteiger partial charge is 0.326 e. The number of pyridine rings is 1. The largest absolute Gasteiger partial charge is 0.505 e. The highest BCUT2D eigenvalue weighted by atomic mass is 16.7. The van der Waals surface area contributed by atoms with Gasteiger partial charge in [0.05, 0.1) is 17.9 Å². The van der Waals surface area contributed by atoms with E-state index in [0.717, 1.165) is 0 Å². The van der Waals surface area contributed by atoms with Gasteiger partial charge < -0.3 is 31.2 Å². The van der Waals surface area contributed by atoms with Crippen molar-refractivity contribution in [3.05, 3.63) is 23.0 Å². The summed E-state index contributed by atoms with van der Waals surface area (Å²) in [6.45, 7) is 8.34. The number of aromatic nitrogens is 1. The van der Waals surface area contributed by atoms with Gasteiger partial charge >= 0.3 is 11.9 Å². The van der Waals surface area contributed by atoms with Gasteiger partial charge in [0, 0.05) is 11.8 Å². The molecule has 0 saturated carbocycles. The molecule has 0 amide bonds. The Bertz CT molecular complexity index is 682. The Balaban J connectivity index is 3.31. The van der Waals surface area contributed by atoms with Crippen LogP contribution < -0.4 is 11.5 Å². The van der Waals surface area contributed by atoms with Crippen molar-refractivity contribution < 1.29 is 29.3 Å². The van der Waals surface area contributed by atoms with E-state index in [1.165, 1.54) is 13.1 Å². The molecule has 4 atom stereocenters. The average molecular weight is 411 g/mol. The van der Waals surface area contributed by atoms with Crippen LogP contribution in [0.15, 0.2) is 6.20 Å². The molecule has 164 valence electrons. The number of hydrogen-bond acceptors (Lipinski definition) is 9. The van der Waals surface area contributed by atoms with Crippen molar-refractivity contribution in [2.45, 2.75) is 72.4 Å². The number of nitrogens with zero attached hydrogens (tertiary/aromatic N) is 1. The van der Waals surface area contributed by atoms with Gasteiger partial charge in [-0.3, -0.25) is 14.6 Å². The summed E-state index contributed by atoms with van der Waals surface area (Å²) in [5.74, 6) is -2.30. The molecule has 0 unspecified atom stereocenters. The van der Waals surface area contributed by atoms with Crippen LogP contribution in [-0.4, -0.2) is 39.2 Å². The maximum atomic E-state index is 12.5. The van der Waals surface area contributed by atoms with E-state index in [0.29, 0.717) is 12.8 Å². The van der Waals surface area contributed by atoms with Gasteiger partial charge in [0.1, 0.15) is 17.8 Å². The van der Waals surface area contributed by atoms with Gasteiger partial charge in [-0.2, -0.15) is 0 Å². The van der Waals surface area contributed by atoms with E-state index in [2.05, 4.69) is 4.98 Å². The van der Waals surface area contributed by atoms with E-state index in [9.17, 15) is 19.8 Å². The van der Waals surface area contributed by atoms with Crippen LogP contribution in [-0.2, 0) is 25.7 Å². The van der Waals surface area contributed by atoms with Gasteiger partial charge in [0.25, 0.3) is 6.29 Å². The highest BCUT2D eigenvalue weighted by molar-refractivity contribution is 5.78. The maximum absolute atomic E-state index is 12.5. The second-order valence-corrected chi connectivity index (χ2v) is 7.32. The van der Waals surface area contributed by atoms with Crippen molar-refractivity contribution in [1.29, 1.82) is 0 Å². The lowest BCUT2D eigenvalue weighted by Crippen LogP contribution is -2.41. The Morgan fingerprint density at radius 1 is 1.07 bits per heavy atom. The van der Waals surface area contributed by atoms with Gasteiger partial charge in [-0.15, -0.1) is 0 Å². The summed E-state index contributed by atoms with van der Waals surface area (Å²) in [5.41, 5.74) is 12.2. The summed E-state index contributed by atoms with van der Waals surface area (Å²) < 4.78 is 10.7. The summed E-state index contributed by atoms with van der Waals surface area (Å²) >= 11 is 0. The van der Waals surface area contributed by atoms with Crippen LogP contribution in [0.5, 0.6) is 5.75 Å². The van der Waals surface area contributed by atoms with E-state index in [-0.39, 0.29) is 34.4 Å². The first-order chi connectivity index (χ1) is 13.6. The highest BCUT2D eigenvalue weighted by Crippen LogP contribution is 2.34. The molecule has 0 aromatic carbocycles. The molecule has 1 rings (SSSR count). The molecule has 0 aliphatic heterocycles. The molecule has 9 heteroatoms. The Labute approximate surface area is 171 Å². The quantitative estimate of drug-likeness (QED) is 0.330. The number of ether oxygens (including phenoxy) is 2. The fourth-order valence-electron chi connectivity index (χ4n) is 2.52. The summed E-state index contributed by atoms with van der Waals surface area (Å²) in [5, 5.41) is 20.1. The van der Waals surface area contributed by atoms with Gasteiger partial charge in [-0.1, -0.05) is 40.5 Å². The SMILES string of the molecule is CC[C@H](C)[C@H](N)C(=O)OC(OC(=O)[C@@H](N)[C@@H](C)CC)c1c(CO)cnc(C)c1O. The third kappa shape index (κ3) is 6.12. The summed E-state index contributed by atoms with van der Waals surface area (Å²) in [6.07, 6.45) is 0.967. The zero-order valence-electron chi connectivity index (χ0n) is 17.7. The number of aryl methyl sites for hydroxylation is 1. The second-order valence-electron chi connectivity index (χ2n) is 7.32. The molecule has 0 spiro atoms. The van der Waals surface area contributed by atoms with Crippen molar-refractivity contribution in [2.75, 3.05) is 0 Å². The van der Waals surface area contributed by atoms with E-state index in [1.807, 2.05) is 13.8 Å². The van der Waals surface area contributed by atoms with Crippen LogP contribution in [0.25, 0.3) is 0 Å². The molecule has 0 aliphatic carbocycles. The Morgan fingerprint density at radius 2 is 1.52 bits per heavy atom. The predicted molar refractivity (Wildman–Crippen MR) is 106 cm³/mol. The summed E-state index contributed by atoms with van der Waals surface area (Å²) in [4.78, 5) is 29.0. The average Bonchev–Trinajstić information content (AvgIpc) is 2.72. The zero-order valence-corrected chi connectivity index (χ0v) is 17.7. The molecule has 0 fully saturated rings. The molecule has 29 heavy (non-hydrogen) atoms.